The average molecular weight is 126 g/mol. The number of hydrogen-bond acceptors (Lipinski definition) is 1. The van der Waals surface area contributed by atoms with Crippen LogP contribution in [0.15, 0.2) is 11.6 Å². The van der Waals surface area contributed by atoms with Crippen molar-refractivity contribution in [2.45, 2.75) is 30.4 Å². The maximum atomic E-state index is 4.56. The largest absolute Gasteiger partial charge is 0.168 e. The minimum Gasteiger partial charge on any atom is -0.168 e. The van der Waals surface area contributed by atoms with Crippen LogP contribution in [0.5, 0.6) is 0 Å². The number of hydrogen-bond donors (Lipinski definition) is 1. The molecule has 0 spiro atoms. The van der Waals surface area contributed by atoms with Gasteiger partial charge in [0.25, 0.3) is 0 Å². The monoisotopic (exact) mass is 126 g/mol. The molecule has 0 saturated heterocycles. The summed E-state index contributed by atoms with van der Waals surface area (Å²) in [5.41, 5.74) is 1.61. The van der Waals surface area contributed by atoms with Gasteiger partial charge >= 0.3 is 0 Å². The highest BCUT2D eigenvalue weighted by Crippen LogP contribution is 2.50. The van der Waals surface area contributed by atoms with Gasteiger partial charge in [-0.2, -0.15) is 12.6 Å². The highest BCUT2D eigenvalue weighted by molar-refractivity contribution is 7.82. The van der Waals surface area contributed by atoms with Crippen molar-refractivity contribution in [2.75, 3.05) is 0 Å². The van der Waals surface area contributed by atoms with Crippen molar-refractivity contribution < 1.29 is 0 Å². The first kappa shape index (κ1) is 4.92. The van der Waals surface area contributed by atoms with E-state index in [1.165, 1.54) is 25.7 Å². The Labute approximate surface area is 55.4 Å². The number of fused-ring (bicyclic) bond motifs is 1. The quantitative estimate of drug-likeness (QED) is 0.373. The van der Waals surface area contributed by atoms with Gasteiger partial charge in [0.15, 0.2) is 0 Å². The van der Waals surface area contributed by atoms with Gasteiger partial charge in [0.1, 0.15) is 0 Å². The van der Waals surface area contributed by atoms with E-state index in [1.807, 2.05) is 0 Å². The first-order valence-corrected chi connectivity index (χ1v) is 3.68. The molecule has 8 heavy (non-hydrogen) atoms. The molecule has 0 nitrogen and oxygen atoms in total. The van der Waals surface area contributed by atoms with Gasteiger partial charge in [-0.3, -0.25) is 0 Å². The van der Waals surface area contributed by atoms with Crippen molar-refractivity contribution in [3.8, 4) is 0 Å². The molecule has 0 amide bonds. The summed E-state index contributed by atoms with van der Waals surface area (Å²) in [5.74, 6) is 0. The molecule has 1 atom stereocenters. The van der Waals surface area contributed by atoms with Crippen LogP contribution in [0.1, 0.15) is 25.7 Å². The van der Waals surface area contributed by atoms with Crippen LogP contribution in [0, 0.1) is 0 Å². The molecule has 1 fully saturated rings. The van der Waals surface area contributed by atoms with E-state index in [-0.39, 0.29) is 0 Å². The Morgan fingerprint density at radius 2 is 2.38 bits per heavy atom. The van der Waals surface area contributed by atoms with Crippen LogP contribution in [-0.2, 0) is 0 Å². The third-order valence-corrected chi connectivity index (χ3v) is 3.09. The van der Waals surface area contributed by atoms with Crippen molar-refractivity contribution in [3.63, 3.8) is 0 Å². The van der Waals surface area contributed by atoms with Crippen molar-refractivity contribution in [2.24, 2.45) is 0 Å². The predicted molar refractivity (Wildman–Crippen MR) is 38.3 cm³/mol. The van der Waals surface area contributed by atoms with E-state index in [9.17, 15) is 0 Å². The Morgan fingerprint density at radius 1 is 1.50 bits per heavy atom. The molecule has 0 aromatic rings. The lowest BCUT2D eigenvalue weighted by atomic mass is 9.80. The summed E-state index contributed by atoms with van der Waals surface area (Å²) < 4.78 is 0.389. The first-order valence-electron chi connectivity index (χ1n) is 3.23. The van der Waals surface area contributed by atoms with Gasteiger partial charge in [0.2, 0.25) is 0 Å². The van der Waals surface area contributed by atoms with Crippen LogP contribution in [0.25, 0.3) is 0 Å². The molecule has 2 rings (SSSR count). The smallest absolute Gasteiger partial charge is 0.0344 e. The molecule has 2 aliphatic rings. The molecule has 0 bridgehead atoms. The highest BCUT2D eigenvalue weighted by atomic mass is 32.1. The van der Waals surface area contributed by atoms with E-state index in [0.717, 1.165) is 0 Å². The van der Waals surface area contributed by atoms with Crippen molar-refractivity contribution in [3.05, 3.63) is 11.6 Å². The topological polar surface area (TPSA) is 0 Å². The molecule has 0 aromatic carbocycles. The first-order chi connectivity index (χ1) is 3.81. The van der Waals surface area contributed by atoms with Gasteiger partial charge in [-0.25, -0.2) is 0 Å². The normalized spacial score (nSPS) is 42.9. The number of rotatable bonds is 0. The van der Waals surface area contributed by atoms with Crippen LogP contribution in [0.3, 0.4) is 0 Å². The SMILES string of the molecule is SC12CCC=C1CC2. The third kappa shape index (κ3) is 0.433. The summed E-state index contributed by atoms with van der Waals surface area (Å²) in [4.78, 5) is 0. The van der Waals surface area contributed by atoms with Gasteiger partial charge in [0, 0.05) is 4.75 Å². The predicted octanol–water partition coefficient (Wildman–Crippen LogP) is 2.17. The van der Waals surface area contributed by atoms with Gasteiger partial charge in [-0.05, 0) is 25.7 Å². The fourth-order valence-electron chi connectivity index (χ4n) is 1.62. The fraction of sp³-hybridized carbons (Fsp3) is 0.714. The standard InChI is InChI=1S/C7H10S/c8-7-4-1-2-6(7)3-5-7/h2,8H,1,3-5H2. The molecule has 0 aromatic heterocycles. The zero-order valence-corrected chi connectivity index (χ0v) is 5.75. The van der Waals surface area contributed by atoms with Crippen molar-refractivity contribution in [1.29, 1.82) is 0 Å². The summed E-state index contributed by atoms with van der Waals surface area (Å²) in [6.45, 7) is 0. The third-order valence-electron chi connectivity index (χ3n) is 2.35. The Balaban J connectivity index is 2.30. The minimum atomic E-state index is 0.389. The second-order valence-corrected chi connectivity index (χ2v) is 3.66. The zero-order chi connectivity index (χ0) is 5.61. The lowest BCUT2D eigenvalue weighted by Gasteiger charge is -2.36. The Hall–Kier alpha value is 0.0900. The lowest BCUT2D eigenvalue weighted by molar-refractivity contribution is 0.502. The van der Waals surface area contributed by atoms with Crippen LogP contribution in [-0.4, -0.2) is 4.75 Å². The molecular weight excluding hydrogens is 116 g/mol. The maximum Gasteiger partial charge on any atom is 0.0344 e. The molecular formula is C7H10S. The number of allylic oxidation sites excluding steroid dienone is 1. The van der Waals surface area contributed by atoms with Crippen LogP contribution >= 0.6 is 12.6 Å². The van der Waals surface area contributed by atoms with Crippen molar-refractivity contribution >= 4 is 12.6 Å². The Kier molecular flexibility index (Phi) is 0.815. The van der Waals surface area contributed by atoms with Crippen LogP contribution in [0.4, 0.5) is 0 Å². The van der Waals surface area contributed by atoms with E-state index in [2.05, 4.69) is 18.7 Å². The summed E-state index contributed by atoms with van der Waals surface area (Å²) in [7, 11) is 0. The second-order valence-electron chi connectivity index (χ2n) is 2.80. The Bertz CT molecular complexity index is 148. The van der Waals surface area contributed by atoms with Gasteiger partial charge in [-0.1, -0.05) is 11.6 Å². The lowest BCUT2D eigenvalue weighted by Crippen LogP contribution is -2.30. The summed E-state index contributed by atoms with van der Waals surface area (Å²) in [5, 5.41) is 0. The van der Waals surface area contributed by atoms with Gasteiger partial charge in [0.05, 0.1) is 0 Å². The average Bonchev–Trinajstić information content (AvgIpc) is 1.94. The molecule has 1 heteroatoms. The maximum absolute atomic E-state index is 4.56. The van der Waals surface area contributed by atoms with Crippen LogP contribution < -0.4 is 0 Å². The molecule has 0 N–H and O–H groups in total. The van der Waals surface area contributed by atoms with E-state index in [0.29, 0.717) is 4.75 Å². The second kappa shape index (κ2) is 1.32. The summed E-state index contributed by atoms with van der Waals surface area (Å²) >= 11 is 4.56. The molecule has 2 aliphatic carbocycles. The fourth-order valence-corrected chi connectivity index (χ4v) is 2.06. The van der Waals surface area contributed by atoms with Crippen LogP contribution in [0.2, 0.25) is 0 Å². The molecule has 0 aliphatic heterocycles. The summed E-state index contributed by atoms with van der Waals surface area (Å²) in [6, 6.07) is 0. The molecule has 1 unspecified atom stereocenters. The van der Waals surface area contributed by atoms with E-state index in [4.69, 9.17) is 0 Å². The molecule has 0 radical (unpaired) electrons. The van der Waals surface area contributed by atoms with E-state index < -0.39 is 0 Å². The van der Waals surface area contributed by atoms with E-state index in [1.54, 1.807) is 5.57 Å². The van der Waals surface area contributed by atoms with Gasteiger partial charge < -0.3 is 0 Å². The zero-order valence-electron chi connectivity index (χ0n) is 4.85. The van der Waals surface area contributed by atoms with Gasteiger partial charge in [-0.15, -0.1) is 0 Å². The molecule has 1 saturated carbocycles. The molecule has 0 heterocycles. The number of thiol groups is 1. The minimum absolute atomic E-state index is 0.389. The molecule has 44 valence electrons. The Morgan fingerprint density at radius 3 is 2.62 bits per heavy atom. The van der Waals surface area contributed by atoms with Crippen molar-refractivity contribution in [1.82, 2.24) is 0 Å². The highest BCUT2D eigenvalue weighted by Gasteiger charge is 2.40. The summed E-state index contributed by atoms with van der Waals surface area (Å²) in [6.07, 6.45) is 7.58. The van der Waals surface area contributed by atoms with E-state index >= 15 is 0 Å².